The first-order valence-corrected chi connectivity index (χ1v) is 11.3. The Morgan fingerprint density at radius 3 is 2.28 bits per heavy atom. The molecule has 0 aliphatic rings. The van der Waals surface area contributed by atoms with Crippen molar-refractivity contribution in [3.63, 3.8) is 0 Å². The molecular weight excluding hydrogens is 479 g/mol. The number of fused-ring (bicyclic) bond motifs is 1. The van der Waals surface area contributed by atoms with Crippen molar-refractivity contribution in [2.24, 2.45) is 7.05 Å². The van der Waals surface area contributed by atoms with Crippen LogP contribution < -0.4 is 16.0 Å². The lowest BCUT2D eigenvalue weighted by Crippen LogP contribution is -2.36. The molecule has 0 spiro atoms. The average molecular weight is 512 g/mol. The van der Waals surface area contributed by atoms with Gasteiger partial charge in [0.1, 0.15) is 5.82 Å². The van der Waals surface area contributed by atoms with Crippen LogP contribution in [0, 0.1) is 0 Å². The lowest BCUT2D eigenvalue weighted by Gasteiger charge is -2.16. The predicted molar refractivity (Wildman–Crippen MR) is 131 cm³/mol. The number of aliphatic carboxylic acids is 1. The number of carbonyl (C=O) groups is 2. The predicted octanol–water partition coefficient (Wildman–Crippen LogP) is 3.88. The van der Waals surface area contributed by atoms with Crippen LogP contribution in [0.5, 0.6) is 0 Å². The van der Waals surface area contributed by atoms with Crippen LogP contribution in [0.1, 0.15) is 44.1 Å². The SMILES string of the molecule is CC.CCC(CCNC)NC(=O)c1nn(C)c2nc(Nc3ccncc3)ccc12.O=C(O)C(F)(F)F. The second-order valence-corrected chi connectivity index (χ2v) is 7.17. The van der Waals surface area contributed by atoms with Gasteiger partial charge in [-0.15, -0.1) is 0 Å². The van der Waals surface area contributed by atoms with Crippen molar-refractivity contribution in [1.82, 2.24) is 30.4 Å². The number of carboxylic acid groups (broad SMARTS) is 1. The van der Waals surface area contributed by atoms with Crippen molar-refractivity contribution in [3.8, 4) is 0 Å². The number of nitrogens with zero attached hydrogens (tertiary/aromatic N) is 4. The third kappa shape index (κ3) is 9.13. The number of alkyl halides is 3. The van der Waals surface area contributed by atoms with E-state index in [0.29, 0.717) is 17.2 Å². The smallest absolute Gasteiger partial charge is 0.475 e. The first-order chi connectivity index (χ1) is 17.1. The highest BCUT2D eigenvalue weighted by molar-refractivity contribution is 6.04. The van der Waals surface area contributed by atoms with Gasteiger partial charge in [-0.05, 0) is 50.7 Å². The highest BCUT2D eigenvalue weighted by Gasteiger charge is 2.38. The maximum absolute atomic E-state index is 12.7. The summed E-state index contributed by atoms with van der Waals surface area (Å²) in [6.07, 6.45) is 0.0926. The highest BCUT2D eigenvalue weighted by Crippen LogP contribution is 2.21. The number of carboxylic acids is 1. The third-order valence-corrected chi connectivity index (χ3v) is 4.67. The molecule has 3 heterocycles. The zero-order chi connectivity index (χ0) is 27.3. The van der Waals surface area contributed by atoms with Gasteiger partial charge in [0.15, 0.2) is 11.3 Å². The normalized spacial score (nSPS) is 11.4. The largest absolute Gasteiger partial charge is 0.490 e. The number of carbonyl (C=O) groups excluding carboxylic acids is 1. The van der Waals surface area contributed by atoms with Crippen LogP contribution in [0.4, 0.5) is 24.7 Å². The van der Waals surface area contributed by atoms with Crippen LogP contribution >= 0.6 is 0 Å². The number of amides is 1. The molecule has 3 rings (SSSR count). The molecule has 0 saturated heterocycles. The standard InChI is InChI=1S/C19H25N7O.C2HF3O2.C2H6/c1-4-13(7-10-20-2)23-19(27)17-15-5-6-16(24-18(15)26(3)25-17)22-14-8-11-21-12-9-14;3-2(4,5)1(6)7;1-2/h5-6,8-9,11-13,20H,4,7,10H2,1-3H3,(H,23,27)(H,21,22,24);(H,6,7);1-2H3. The highest BCUT2D eigenvalue weighted by atomic mass is 19.4. The maximum atomic E-state index is 12.7. The molecule has 0 bridgehead atoms. The number of rotatable bonds is 8. The van der Waals surface area contributed by atoms with Crippen LogP contribution in [-0.2, 0) is 11.8 Å². The van der Waals surface area contributed by atoms with Crippen LogP contribution in [0.2, 0.25) is 0 Å². The van der Waals surface area contributed by atoms with Crippen molar-refractivity contribution in [2.75, 3.05) is 18.9 Å². The molecule has 4 N–H and O–H groups in total. The fraction of sp³-hybridized carbons (Fsp3) is 0.435. The van der Waals surface area contributed by atoms with Crippen LogP contribution in [0.15, 0.2) is 36.7 Å². The zero-order valence-corrected chi connectivity index (χ0v) is 20.8. The Balaban J connectivity index is 0.000000623. The first kappa shape index (κ1) is 30.3. The number of pyridine rings is 2. The monoisotopic (exact) mass is 511 g/mol. The molecule has 1 unspecified atom stereocenters. The van der Waals surface area contributed by atoms with E-state index in [4.69, 9.17) is 9.90 Å². The van der Waals surface area contributed by atoms with Crippen molar-refractivity contribution in [1.29, 1.82) is 0 Å². The fourth-order valence-corrected chi connectivity index (χ4v) is 2.90. The molecule has 36 heavy (non-hydrogen) atoms. The quantitative estimate of drug-likeness (QED) is 0.358. The van der Waals surface area contributed by atoms with Crippen molar-refractivity contribution in [2.45, 2.75) is 45.8 Å². The van der Waals surface area contributed by atoms with Crippen molar-refractivity contribution < 1.29 is 27.9 Å². The van der Waals surface area contributed by atoms with E-state index in [1.807, 2.05) is 45.2 Å². The lowest BCUT2D eigenvalue weighted by atomic mass is 10.1. The molecule has 0 aromatic carbocycles. The molecule has 3 aromatic heterocycles. The maximum Gasteiger partial charge on any atom is 0.490 e. The van der Waals surface area contributed by atoms with E-state index >= 15 is 0 Å². The number of nitrogens with one attached hydrogen (secondary N) is 3. The summed E-state index contributed by atoms with van der Waals surface area (Å²) >= 11 is 0. The second kappa shape index (κ2) is 14.6. The summed E-state index contributed by atoms with van der Waals surface area (Å²) in [5, 5.41) is 21.7. The summed E-state index contributed by atoms with van der Waals surface area (Å²) in [5.74, 6) is -2.24. The van der Waals surface area contributed by atoms with Gasteiger partial charge in [-0.3, -0.25) is 9.78 Å². The van der Waals surface area contributed by atoms with E-state index < -0.39 is 12.1 Å². The van der Waals surface area contributed by atoms with E-state index in [9.17, 15) is 18.0 Å². The van der Waals surface area contributed by atoms with Gasteiger partial charge in [0.25, 0.3) is 5.91 Å². The molecule has 3 aromatic rings. The van der Waals surface area contributed by atoms with E-state index in [1.54, 1.807) is 24.1 Å². The molecule has 198 valence electrons. The molecular formula is C23H32F3N7O3. The summed E-state index contributed by atoms with van der Waals surface area (Å²) in [7, 11) is 3.70. The van der Waals surface area contributed by atoms with Crippen LogP contribution in [-0.4, -0.2) is 62.5 Å². The number of aryl methyl sites for hydroxylation is 1. The van der Waals surface area contributed by atoms with Gasteiger partial charge < -0.3 is 21.1 Å². The van der Waals surface area contributed by atoms with Gasteiger partial charge in [-0.25, -0.2) is 14.5 Å². The minimum absolute atomic E-state index is 0.114. The number of hydrogen-bond acceptors (Lipinski definition) is 7. The van der Waals surface area contributed by atoms with Gasteiger partial charge >= 0.3 is 12.1 Å². The molecule has 0 fully saturated rings. The van der Waals surface area contributed by atoms with Crippen molar-refractivity contribution in [3.05, 3.63) is 42.4 Å². The van der Waals surface area contributed by atoms with E-state index in [2.05, 4.69) is 37.9 Å². The Bertz CT molecular complexity index is 1110. The second-order valence-electron chi connectivity index (χ2n) is 7.17. The lowest BCUT2D eigenvalue weighted by molar-refractivity contribution is -0.192. The zero-order valence-electron chi connectivity index (χ0n) is 20.8. The average Bonchev–Trinajstić information content (AvgIpc) is 3.19. The van der Waals surface area contributed by atoms with Gasteiger partial charge in [-0.2, -0.15) is 18.3 Å². The molecule has 13 heteroatoms. The minimum atomic E-state index is -5.08. The van der Waals surface area contributed by atoms with Gasteiger partial charge in [0.05, 0.1) is 5.39 Å². The van der Waals surface area contributed by atoms with E-state index in [-0.39, 0.29) is 11.9 Å². The van der Waals surface area contributed by atoms with Gasteiger partial charge in [0, 0.05) is 31.2 Å². The summed E-state index contributed by atoms with van der Waals surface area (Å²) < 4.78 is 33.4. The Kier molecular flexibility index (Phi) is 12.3. The number of aromatic nitrogens is 4. The summed E-state index contributed by atoms with van der Waals surface area (Å²) in [6.45, 7) is 6.92. The molecule has 0 saturated carbocycles. The van der Waals surface area contributed by atoms with Crippen LogP contribution in [0.25, 0.3) is 11.0 Å². The summed E-state index contributed by atoms with van der Waals surface area (Å²) in [6, 6.07) is 7.57. The van der Waals surface area contributed by atoms with Crippen molar-refractivity contribution >= 4 is 34.4 Å². The molecule has 0 aliphatic carbocycles. The first-order valence-electron chi connectivity index (χ1n) is 11.3. The topological polar surface area (TPSA) is 134 Å². The Morgan fingerprint density at radius 1 is 1.14 bits per heavy atom. The van der Waals surface area contributed by atoms with Crippen LogP contribution in [0.3, 0.4) is 0 Å². The number of hydrogen-bond donors (Lipinski definition) is 4. The Morgan fingerprint density at radius 2 is 1.75 bits per heavy atom. The molecule has 10 nitrogen and oxygen atoms in total. The van der Waals surface area contributed by atoms with Gasteiger partial charge in [-0.1, -0.05) is 20.8 Å². The molecule has 0 radical (unpaired) electrons. The molecule has 1 atom stereocenters. The Labute approximate surface area is 207 Å². The van der Waals surface area contributed by atoms with E-state index in [0.717, 1.165) is 30.5 Å². The fourth-order valence-electron chi connectivity index (χ4n) is 2.90. The van der Waals surface area contributed by atoms with Gasteiger partial charge in [0.2, 0.25) is 0 Å². The van der Waals surface area contributed by atoms with E-state index in [1.165, 1.54) is 0 Å². The third-order valence-electron chi connectivity index (χ3n) is 4.67. The summed E-state index contributed by atoms with van der Waals surface area (Å²) in [5.41, 5.74) is 1.95. The minimum Gasteiger partial charge on any atom is -0.475 e. The Hall–Kier alpha value is -3.74. The molecule has 1 amide bonds. The molecule has 0 aliphatic heterocycles. The number of halogens is 3. The number of anilines is 2. The summed E-state index contributed by atoms with van der Waals surface area (Å²) in [4.78, 5) is 30.2.